The van der Waals surface area contributed by atoms with Gasteiger partial charge in [-0.1, -0.05) is 0 Å². The van der Waals surface area contributed by atoms with Crippen molar-refractivity contribution in [2.45, 2.75) is 0 Å². The lowest BCUT2D eigenvalue weighted by molar-refractivity contribution is -0.384. The maximum Gasteiger partial charge on any atom is 0.343 e. The van der Waals surface area contributed by atoms with Gasteiger partial charge in [-0.3, -0.25) is 10.1 Å². The van der Waals surface area contributed by atoms with Gasteiger partial charge < -0.3 is 9.47 Å². The summed E-state index contributed by atoms with van der Waals surface area (Å²) in [6, 6.07) is 11.7. The number of non-ortho nitro benzene ring substituents is 1. The standard InChI is InChI=1S/C14H11NO5/c1-19-12-6-8-13(9-7-12)20-14(16)10-2-4-11(5-3-10)15(17)18/h2-9H,1H3. The Labute approximate surface area is 114 Å². The van der Waals surface area contributed by atoms with Crippen LogP contribution in [0.25, 0.3) is 0 Å². The van der Waals surface area contributed by atoms with Crippen molar-refractivity contribution < 1.29 is 19.2 Å². The van der Waals surface area contributed by atoms with E-state index >= 15 is 0 Å². The number of ether oxygens (including phenoxy) is 2. The Morgan fingerprint density at radius 2 is 1.55 bits per heavy atom. The molecule has 0 heterocycles. The van der Waals surface area contributed by atoms with Crippen molar-refractivity contribution in [3.05, 3.63) is 64.2 Å². The molecule has 0 saturated carbocycles. The van der Waals surface area contributed by atoms with E-state index in [9.17, 15) is 14.9 Å². The van der Waals surface area contributed by atoms with Crippen LogP contribution < -0.4 is 9.47 Å². The summed E-state index contributed by atoms with van der Waals surface area (Å²) in [7, 11) is 1.54. The Balaban J connectivity index is 2.08. The van der Waals surface area contributed by atoms with Gasteiger partial charge in [0, 0.05) is 12.1 Å². The van der Waals surface area contributed by atoms with E-state index in [2.05, 4.69) is 0 Å². The van der Waals surface area contributed by atoms with Crippen molar-refractivity contribution in [3.8, 4) is 11.5 Å². The SMILES string of the molecule is COc1ccc(OC(=O)c2ccc([N+](=O)[O-])cc2)cc1. The summed E-state index contributed by atoms with van der Waals surface area (Å²) in [5, 5.41) is 10.5. The van der Waals surface area contributed by atoms with Crippen LogP contribution in [-0.4, -0.2) is 18.0 Å². The number of hydrogen-bond donors (Lipinski definition) is 0. The minimum Gasteiger partial charge on any atom is -0.497 e. The number of methoxy groups -OCH3 is 1. The summed E-state index contributed by atoms with van der Waals surface area (Å²) < 4.78 is 10.1. The Hall–Kier alpha value is -2.89. The zero-order valence-electron chi connectivity index (χ0n) is 10.6. The first-order valence-corrected chi connectivity index (χ1v) is 5.71. The Bertz CT molecular complexity index is 619. The van der Waals surface area contributed by atoms with Crippen molar-refractivity contribution in [1.29, 1.82) is 0 Å². The molecule has 0 radical (unpaired) electrons. The maximum atomic E-state index is 11.8. The first-order chi connectivity index (χ1) is 9.60. The van der Waals surface area contributed by atoms with Crippen LogP contribution in [0.3, 0.4) is 0 Å². The molecule has 0 unspecified atom stereocenters. The molecular formula is C14H11NO5. The van der Waals surface area contributed by atoms with Gasteiger partial charge in [-0.25, -0.2) is 4.79 Å². The average molecular weight is 273 g/mol. The van der Waals surface area contributed by atoms with Gasteiger partial charge >= 0.3 is 5.97 Å². The minimum absolute atomic E-state index is 0.0778. The van der Waals surface area contributed by atoms with E-state index in [1.165, 1.54) is 31.4 Å². The molecule has 0 aromatic heterocycles. The molecule has 2 aromatic carbocycles. The highest BCUT2D eigenvalue weighted by Gasteiger charge is 2.11. The van der Waals surface area contributed by atoms with Gasteiger partial charge in [0.15, 0.2) is 0 Å². The molecule has 0 amide bonds. The molecule has 0 saturated heterocycles. The highest BCUT2D eigenvalue weighted by Crippen LogP contribution is 2.19. The highest BCUT2D eigenvalue weighted by atomic mass is 16.6. The second kappa shape index (κ2) is 5.83. The Morgan fingerprint density at radius 1 is 1.00 bits per heavy atom. The third-order valence-corrected chi connectivity index (χ3v) is 2.58. The van der Waals surface area contributed by atoms with Gasteiger partial charge in [0.05, 0.1) is 17.6 Å². The molecule has 102 valence electrons. The van der Waals surface area contributed by atoms with E-state index in [-0.39, 0.29) is 11.3 Å². The molecular weight excluding hydrogens is 262 g/mol. The summed E-state index contributed by atoms with van der Waals surface area (Å²) in [6.45, 7) is 0. The van der Waals surface area contributed by atoms with Crippen LogP contribution >= 0.6 is 0 Å². The molecule has 0 bridgehead atoms. The number of hydrogen-bond acceptors (Lipinski definition) is 5. The van der Waals surface area contributed by atoms with Gasteiger partial charge in [0.25, 0.3) is 5.69 Å². The number of nitro groups is 1. The van der Waals surface area contributed by atoms with Gasteiger partial charge in [-0.05, 0) is 36.4 Å². The quantitative estimate of drug-likeness (QED) is 0.370. The average Bonchev–Trinajstić information content (AvgIpc) is 2.48. The van der Waals surface area contributed by atoms with Crippen LogP contribution in [0.1, 0.15) is 10.4 Å². The van der Waals surface area contributed by atoms with Crippen molar-refractivity contribution in [1.82, 2.24) is 0 Å². The largest absolute Gasteiger partial charge is 0.497 e. The highest BCUT2D eigenvalue weighted by molar-refractivity contribution is 5.91. The van der Waals surface area contributed by atoms with Gasteiger partial charge in [-0.2, -0.15) is 0 Å². The number of carbonyl (C=O) groups is 1. The lowest BCUT2D eigenvalue weighted by Gasteiger charge is -2.05. The van der Waals surface area contributed by atoms with Crippen molar-refractivity contribution in [2.24, 2.45) is 0 Å². The summed E-state index contributed by atoms with van der Waals surface area (Å²) in [4.78, 5) is 21.8. The second-order valence-electron chi connectivity index (χ2n) is 3.87. The number of esters is 1. The smallest absolute Gasteiger partial charge is 0.343 e. The number of benzene rings is 2. The number of nitrogens with zero attached hydrogens (tertiary/aromatic N) is 1. The Kier molecular flexibility index (Phi) is 3.95. The zero-order valence-corrected chi connectivity index (χ0v) is 10.6. The predicted molar refractivity (Wildman–Crippen MR) is 71.0 cm³/mol. The monoisotopic (exact) mass is 273 g/mol. The summed E-state index contributed by atoms with van der Waals surface area (Å²) in [6.07, 6.45) is 0. The van der Waals surface area contributed by atoms with Crippen LogP contribution in [-0.2, 0) is 0 Å². The summed E-state index contributed by atoms with van der Waals surface area (Å²) in [5.74, 6) is 0.444. The van der Waals surface area contributed by atoms with Crippen molar-refractivity contribution >= 4 is 11.7 Å². The molecule has 0 atom stereocenters. The minimum atomic E-state index is -0.579. The third-order valence-electron chi connectivity index (χ3n) is 2.58. The van der Waals surface area contributed by atoms with E-state index in [0.29, 0.717) is 11.5 Å². The van der Waals surface area contributed by atoms with E-state index in [1.807, 2.05) is 0 Å². The molecule has 2 aromatic rings. The molecule has 0 aliphatic rings. The fourth-order valence-electron chi connectivity index (χ4n) is 1.53. The van der Waals surface area contributed by atoms with Crippen LogP contribution in [0.5, 0.6) is 11.5 Å². The lowest BCUT2D eigenvalue weighted by atomic mass is 10.2. The van der Waals surface area contributed by atoms with Crippen LogP contribution in [0.15, 0.2) is 48.5 Å². The topological polar surface area (TPSA) is 78.7 Å². The summed E-state index contributed by atoms with van der Waals surface area (Å²) in [5.41, 5.74) is 0.164. The fraction of sp³-hybridized carbons (Fsp3) is 0.0714. The van der Waals surface area contributed by atoms with Crippen LogP contribution in [0.4, 0.5) is 5.69 Å². The van der Waals surface area contributed by atoms with Gasteiger partial charge in [0.2, 0.25) is 0 Å². The molecule has 0 fully saturated rings. The predicted octanol–water partition coefficient (Wildman–Crippen LogP) is 2.82. The van der Waals surface area contributed by atoms with E-state index in [4.69, 9.17) is 9.47 Å². The number of rotatable bonds is 4. The number of carbonyl (C=O) groups excluding carboxylic acids is 1. The maximum absolute atomic E-state index is 11.8. The summed E-state index contributed by atoms with van der Waals surface area (Å²) >= 11 is 0. The first kappa shape index (κ1) is 13.5. The molecule has 0 spiro atoms. The fourth-order valence-corrected chi connectivity index (χ4v) is 1.53. The normalized spacial score (nSPS) is 9.85. The van der Waals surface area contributed by atoms with E-state index in [1.54, 1.807) is 24.3 Å². The van der Waals surface area contributed by atoms with Crippen LogP contribution in [0.2, 0.25) is 0 Å². The number of nitro benzene ring substituents is 1. The third kappa shape index (κ3) is 3.11. The molecule has 2 rings (SSSR count). The molecule has 0 N–H and O–H groups in total. The van der Waals surface area contributed by atoms with Gasteiger partial charge in [-0.15, -0.1) is 0 Å². The molecule has 0 aliphatic heterocycles. The zero-order chi connectivity index (χ0) is 14.5. The second-order valence-corrected chi connectivity index (χ2v) is 3.87. The van der Waals surface area contributed by atoms with E-state index < -0.39 is 10.9 Å². The van der Waals surface area contributed by atoms with Crippen LogP contribution in [0, 0.1) is 10.1 Å². The van der Waals surface area contributed by atoms with Crippen molar-refractivity contribution in [2.75, 3.05) is 7.11 Å². The van der Waals surface area contributed by atoms with Crippen molar-refractivity contribution in [3.63, 3.8) is 0 Å². The molecule has 20 heavy (non-hydrogen) atoms. The first-order valence-electron chi connectivity index (χ1n) is 5.71. The molecule has 6 nitrogen and oxygen atoms in total. The van der Waals surface area contributed by atoms with Gasteiger partial charge in [0.1, 0.15) is 11.5 Å². The Morgan fingerprint density at radius 3 is 2.05 bits per heavy atom. The van der Waals surface area contributed by atoms with E-state index in [0.717, 1.165) is 0 Å². The molecule has 0 aliphatic carbocycles. The molecule has 6 heteroatoms. The lowest BCUT2D eigenvalue weighted by Crippen LogP contribution is -2.08.